The second kappa shape index (κ2) is 10.5. The molecule has 0 spiro atoms. The summed E-state index contributed by atoms with van der Waals surface area (Å²) in [5.74, 6) is -1.58. The highest BCUT2D eigenvalue weighted by Gasteiger charge is 2.34. The molecule has 0 N–H and O–H groups in total. The van der Waals surface area contributed by atoms with Crippen LogP contribution in [-0.2, 0) is 25.8 Å². The van der Waals surface area contributed by atoms with E-state index in [-0.39, 0.29) is 22.1 Å². The van der Waals surface area contributed by atoms with E-state index in [1.807, 2.05) is 0 Å². The summed E-state index contributed by atoms with van der Waals surface area (Å²) >= 11 is 6.23. The summed E-state index contributed by atoms with van der Waals surface area (Å²) in [6, 6.07) is 11.2. The number of hydrogen-bond donors (Lipinski definition) is 0. The number of para-hydroxylation sites is 1. The molecule has 1 fully saturated rings. The van der Waals surface area contributed by atoms with E-state index in [0.29, 0.717) is 53.5 Å². The zero-order chi connectivity index (χ0) is 27.0. The Morgan fingerprint density at radius 1 is 1.18 bits per heavy atom. The molecule has 0 saturated carbocycles. The number of halogens is 2. The summed E-state index contributed by atoms with van der Waals surface area (Å²) in [6.45, 7) is 1.59. The number of nitrogens with zero attached hydrogens (tertiary/aromatic N) is 2. The van der Waals surface area contributed by atoms with Crippen molar-refractivity contribution in [2.24, 2.45) is 0 Å². The van der Waals surface area contributed by atoms with Gasteiger partial charge in [-0.3, -0.25) is 4.79 Å². The van der Waals surface area contributed by atoms with Gasteiger partial charge in [-0.05, 0) is 61.6 Å². The van der Waals surface area contributed by atoms with E-state index in [4.69, 9.17) is 21.3 Å². The van der Waals surface area contributed by atoms with Gasteiger partial charge in [-0.2, -0.15) is 0 Å². The molecule has 1 saturated heterocycles. The van der Waals surface area contributed by atoms with Gasteiger partial charge in [-0.1, -0.05) is 35.9 Å². The van der Waals surface area contributed by atoms with Crippen LogP contribution in [0.4, 0.5) is 4.39 Å². The molecule has 38 heavy (non-hydrogen) atoms. The molecule has 1 atom stereocenters. The predicted octanol–water partition coefficient (Wildman–Crippen LogP) is 4.71. The number of ether oxygens (including phenoxy) is 1. The molecule has 0 unspecified atom stereocenters. The first-order chi connectivity index (χ1) is 18.2. The van der Waals surface area contributed by atoms with Crippen molar-refractivity contribution in [3.05, 3.63) is 75.7 Å². The van der Waals surface area contributed by atoms with Gasteiger partial charge in [0, 0.05) is 23.5 Å². The minimum Gasteiger partial charge on any atom is -0.452 e. The van der Waals surface area contributed by atoms with Crippen LogP contribution < -0.4 is 0 Å². The molecule has 1 amide bonds. The third-order valence-electron chi connectivity index (χ3n) is 7.10. The van der Waals surface area contributed by atoms with Crippen molar-refractivity contribution in [2.45, 2.75) is 32.2 Å². The van der Waals surface area contributed by atoms with Crippen LogP contribution in [-0.4, -0.2) is 60.9 Å². The second-order valence-electron chi connectivity index (χ2n) is 9.45. The molecule has 1 aromatic heterocycles. The van der Waals surface area contributed by atoms with Crippen molar-refractivity contribution in [3.63, 3.8) is 0 Å². The Morgan fingerprint density at radius 2 is 1.97 bits per heavy atom. The molecule has 0 bridgehead atoms. The van der Waals surface area contributed by atoms with Crippen LogP contribution in [0, 0.1) is 5.82 Å². The van der Waals surface area contributed by atoms with Gasteiger partial charge in [0.1, 0.15) is 5.82 Å². The molecule has 198 valence electrons. The molecular formula is C28H26ClFN2O5S. The predicted molar refractivity (Wildman–Crippen MR) is 144 cm³/mol. The largest absolute Gasteiger partial charge is 0.452 e. The normalized spacial score (nSPS) is 19.0. The molecule has 7 nitrogen and oxygen atoms in total. The van der Waals surface area contributed by atoms with E-state index in [1.165, 1.54) is 17.0 Å². The maximum absolute atomic E-state index is 14.5. The average molecular weight is 557 g/mol. The Morgan fingerprint density at radius 3 is 2.68 bits per heavy atom. The van der Waals surface area contributed by atoms with Gasteiger partial charge in [0.15, 0.2) is 16.4 Å². The first-order valence-electron chi connectivity index (χ1n) is 12.4. The monoisotopic (exact) mass is 556 g/mol. The quantitative estimate of drug-likeness (QED) is 0.408. The average Bonchev–Trinajstić information content (AvgIpc) is 3.45. The lowest BCUT2D eigenvalue weighted by atomic mass is 10.0. The molecule has 5 rings (SSSR count). The summed E-state index contributed by atoms with van der Waals surface area (Å²) in [7, 11) is -3.17. The Balaban J connectivity index is 1.45. The van der Waals surface area contributed by atoms with E-state index >= 15 is 0 Å². The number of sulfone groups is 1. The van der Waals surface area contributed by atoms with Crippen LogP contribution >= 0.6 is 11.6 Å². The number of allylic oxidation sites excluding steroid dienone is 1. The standard InChI is InChI=1S/C28H26ClFN2O5S/c1-2-32(18-12-13-38(35,36)16-18)25(33)15-37-28(34)26-19-6-3-4-9-24(19)31-27-17(10-11-20(26)27)14-21-22(29)7-5-8-23(21)30/h3-9,14,18H,2,10-13,15-16H2,1H3/b17-14+/t18-/m0/s1. The van der Waals surface area contributed by atoms with E-state index in [1.54, 1.807) is 43.3 Å². The number of fused-ring (bicyclic) bond motifs is 2. The summed E-state index contributed by atoms with van der Waals surface area (Å²) < 4.78 is 43.7. The van der Waals surface area contributed by atoms with Crippen LogP contribution in [0.2, 0.25) is 5.02 Å². The van der Waals surface area contributed by atoms with Gasteiger partial charge >= 0.3 is 5.97 Å². The maximum atomic E-state index is 14.5. The lowest BCUT2D eigenvalue weighted by Crippen LogP contribution is -2.43. The molecule has 2 heterocycles. The van der Waals surface area contributed by atoms with Crippen molar-refractivity contribution in [1.29, 1.82) is 0 Å². The number of benzene rings is 2. The van der Waals surface area contributed by atoms with Crippen LogP contribution in [0.25, 0.3) is 22.6 Å². The van der Waals surface area contributed by atoms with Gasteiger partial charge in [0.05, 0.1) is 33.3 Å². The zero-order valence-corrected chi connectivity index (χ0v) is 22.3. The highest BCUT2D eigenvalue weighted by atomic mass is 35.5. The molecule has 2 aliphatic rings. The van der Waals surface area contributed by atoms with Crippen molar-refractivity contribution >= 4 is 55.9 Å². The van der Waals surface area contributed by atoms with Gasteiger partial charge < -0.3 is 9.64 Å². The number of amides is 1. The smallest absolute Gasteiger partial charge is 0.339 e. The van der Waals surface area contributed by atoms with E-state index in [2.05, 4.69) is 0 Å². The number of esters is 1. The number of rotatable bonds is 6. The van der Waals surface area contributed by atoms with E-state index in [0.717, 1.165) is 5.57 Å². The molecule has 10 heteroatoms. The van der Waals surface area contributed by atoms with Gasteiger partial charge in [-0.15, -0.1) is 0 Å². The SMILES string of the molecule is CCN(C(=O)COC(=O)c1c2c(nc3ccccc13)/C(=C/c1c(F)cccc1Cl)CC2)[C@H]1CCS(=O)(=O)C1. The Bertz CT molecular complexity index is 1570. The van der Waals surface area contributed by atoms with Crippen LogP contribution in [0.15, 0.2) is 42.5 Å². The van der Waals surface area contributed by atoms with Gasteiger partial charge in [0.25, 0.3) is 5.91 Å². The topological polar surface area (TPSA) is 93.6 Å². The fourth-order valence-electron chi connectivity index (χ4n) is 5.28. The zero-order valence-electron chi connectivity index (χ0n) is 20.7. The van der Waals surface area contributed by atoms with Crippen LogP contribution in [0.3, 0.4) is 0 Å². The molecular weight excluding hydrogens is 531 g/mol. The van der Waals surface area contributed by atoms with Crippen molar-refractivity contribution in [1.82, 2.24) is 9.88 Å². The minimum atomic E-state index is -3.17. The Hall–Kier alpha value is -3.30. The Labute approximate surface area is 225 Å². The third-order valence-corrected chi connectivity index (χ3v) is 9.18. The number of carbonyl (C=O) groups excluding carboxylic acids is 2. The first-order valence-corrected chi connectivity index (χ1v) is 14.6. The fourth-order valence-corrected chi connectivity index (χ4v) is 7.23. The lowest BCUT2D eigenvalue weighted by molar-refractivity contribution is -0.136. The summed E-state index contributed by atoms with van der Waals surface area (Å²) in [5, 5.41) is 0.878. The molecule has 1 aliphatic carbocycles. The van der Waals surface area contributed by atoms with E-state index in [9.17, 15) is 22.4 Å². The lowest BCUT2D eigenvalue weighted by Gasteiger charge is -2.26. The van der Waals surface area contributed by atoms with Crippen molar-refractivity contribution in [2.75, 3.05) is 24.7 Å². The first kappa shape index (κ1) is 26.3. The van der Waals surface area contributed by atoms with Crippen LogP contribution in [0.1, 0.15) is 46.9 Å². The number of likely N-dealkylation sites (N-methyl/N-ethyl adjacent to an activating group) is 1. The van der Waals surface area contributed by atoms with Crippen molar-refractivity contribution < 1.29 is 27.1 Å². The van der Waals surface area contributed by atoms with Crippen LogP contribution in [0.5, 0.6) is 0 Å². The van der Waals surface area contributed by atoms with Gasteiger partial charge in [0.2, 0.25) is 0 Å². The number of aromatic nitrogens is 1. The van der Waals surface area contributed by atoms with Gasteiger partial charge in [-0.25, -0.2) is 22.6 Å². The Kier molecular flexibility index (Phi) is 7.24. The summed E-state index contributed by atoms with van der Waals surface area (Å²) in [4.78, 5) is 32.6. The minimum absolute atomic E-state index is 0.0460. The fraction of sp³-hybridized carbons (Fsp3) is 0.321. The molecule has 2 aromatic carbocycles. The number of hydrogen-bond acceptors (Lipinski definition) is 6. The summed E-state index contributed by atoms with van der Waals surface area (Å²) in [6.07, 6.45) is 3.06. The molecule has 3 aromatic rings. The summed E-state index contributed by atoms with van der Waals surface area (Å²) in [5.41, 5.74) is 3.16. The molecule has 0 radical (unpaired) electrons. The number of pyridine rings is 1. The second-order valence-corrected chi connectivity index (χ2v) is 12.1. The highest BCUT2D eigenvalue weighted by molar-refractivity contribution is 7.91. The van der Waals surface area contributed by atoms with Crippen molar-refractivity contribution in [3.8, 4) is 0 Å². The highest BCUT2D eigenvalue weighted by Crippen LogP contribution is 2.38. The van der Waals surface area contributed by atoms with E-state index < -0.39 is 40.2 Å². The number of carbonyl (C=O) groups is 2. The molecule has 1 aliphatic heterocycles. The third kappa shape index (κ3) is 5.05. The maximum Gasteiger partial charge on any atom is 0.339 e.